The average molecular weight is 443 g/mol. The molecule has 1 atom stereocenters. The molecule has 0 fully saturated rings. The summed E-state index contributed by atoms with van der Waals surface area (Å²) >= 11 is 1.41. The van der Waals surface area contributed by atoms with Crippen molar-refractivity contribution in [3.05, 3.63) is 41.2 Å². The van der Waals surface area contributed by atoms with E-state index in [4.69, 9.17) is 4.74 Å². The topological polar surface area (TPSA) is 93.5 Å². The van der Waals surface area contributed by atoms with Crippen LogP contribution >= 0.6 is 11.3 Å². The lowest BCUT2D eigenvalue weighted by atomic mass is 10.0. The molecular formula is C22H26N4O4S. The van der Waals surface area contributed by atoms with Crippen molar-refractivity contribution in [2.75, 3.05) is 18.4 Å². The van der Waals surface area contributed by atoms with Gasteiger partial charge in [-0.15, -0.1) is 0 Å². The van der Waals surface area contributed by atoms with Crippen molar-refractivity contribution in [1.82, 2.24) is 14.5 Å². The number of amides is 2. The molecule has 164 valence electrons. The van der Waals surface area contributed by atoms with E-state index >= 15 is 0 Å². The minimum absolute atomic E-state index is 0.0650. The summed E-state index contributed by atoms with van der Waals surface area (Å²) in [7, 11) is 0. The minimum atomic E-state index is -0.515. The lowest BCUT2D eigenvalue weighted by Crippen LogP contribution is -2.39. The molecule has 4 rings (SSSR count). The third-order valence-electron chi connectivity index (χ3n) is 5.26. The Kier molecular flexibility index (Phi) is 5.70. The molecule has 8 nitrogen and oxygen atoms in total. The third kappa shape index (κ3) is 4.71. The molecule has 2 aromatic rings. The molecule has 2 amide bonds. The highest BCUT2D eigenvalue weighted by Gasteiger charge is 2.30. The Bertz CT molecular complexity index is 1050. The Hall–Kier alpha value is -2.94. The number of ketones is 1. The first-order chi connectivity index (χ1) is 14.7. The molecule has 2 aliphatic heterocycles. The van der Waals surface area contributed by atoms with Gasteiger partial charge in [-0.25, -0.2) is 9.78 Å². The standard InChI is InChI=1S/C22H26N4O4S/c1-22(2,3)30-21(29)25-11-8-14(9-12-25)18-13-23-20(31-18)24-19(28)16-6-7-17(27)15-5-4-10-26(15)16/h4-5,8,10,13,16H,6-7,9,11-12H2,1-3H3,(H,23,24,28). The van der Waals surface area contributed by atoms with Crippen LogP contribution < -0.4 is 5.32 Å². The molecule has 31 heavy (non-hydrogen) atoms. The molecule has 9 heteroatoms. The summed E-state index contributed by atoms with van der Waals surface area (Å²) in [5, 5.41) is 3.42. The van der Waals surface area contributed by atoms with Gasteiger partial charge in [0, 0.05) is 31.9 Å². The van der Waals surface area contributed by atoms with Gasteiger partial charge < -0.3 is 19.5 Å². The Morgan fingerprint density at radius 1 is 1.29 bits per heavy atom. The van der Waals surface area contributed by atoms with Crippen LogP contribution in [-0.2, 0) is 9.53 Å². The predicted molar refractivity (Wildman–Crippen MR) is 118 cm³/mol. The number of thiazole rings is 1. The number of rotatable bonds is 3. The Morgan fingerprint density at radius 3 is 2.81 bits per heavy atom. The summed E-state index contributed by atoms with van der Waals surface area (Å²) in [5.74, 6) is -0.102. The van der Waals surface area contributed by atoms with E-state index in [1.165, 1.54) is 11.3 Å². The van der Waals surface area contributed by atoms with Gasteiger partial charge in [-0.1, -0.05) is 17.4 Å². The highest BCUT2D eigenvalue weighted by molar-refractivity contribution is 7.16. The van der Waals surface area contributed by atoms with Gasteiger partial charge in [0.15, 0.2) is 10.9 Å². The number of carbonyl (C=O) groups is 3. The van der Waals surface area contributed by atoms with Crippen LogP contribution in [0.25, 0.3) is 5.57 Å². The first kappa shape index (κ1) is 21.3. The highest BCUT2D eigenvalue weighted by atomic mass is 32.1. The number of aromatic nitrogens is 2. The number of hydrogen-bond acceptors (Lipinski definition) is 6. The Balaban J connectivity index is 1.38. The van der Waals surface area contributed by atoms with E-state index in [9.17, 15) is 14.4 Å². The van der Waals surface area contributed by atoms with E-state index in [1.807, 2.05) is 26.8 Å². The molecule has 2 aliphatic rings. The number of Topliss-reactive ketones (excluding diaryl/α,β-unsaturated/α-hetero) is 1. The summed E-state index contributed by atoms with van der Waals surface area (Å²) in [4.78, 5) is 44.0. The summed E-state index contributed by atoms with van der Waals surface area (Å²) in [6.45, 7) is 6.62. The number of fused-ring (bicyclic) bond motifs is 1. The second-order valence-corrected chi connectivity index (χ2v) is 9.73. The van der Waals surface area contributed by atoms with Crippen molar-refractivity contribution in [3.8, 4) is 0 Å². The van der Waals surface area contributed by atoms with Gasteiger partial charge in [0.05, 0.1) is 10.6 Å². The van der Waals surface area contributed by atoms with Crippen molar-refractivity contribution in [2.24, 2.45) is 0 Å². The van der Waals surface area contributed by atoms with Gasteiger partial charge in [0.25, 0.3) is 0 Å². The number of anilines is 1. The van der Waals surface area contributed by atoms with Gasteiger partial charge in [0.1, 0.15) is 11.6 Å². The van der Waals surface area contributed by atoms with Crippen molar-refractivity contribution in [3.63, 3.8) is 0 Å². The molecule has 0 spiro atoms. The van der Waals surface area contributed by atoms with E-state index in [-0.39, 0.29) is 17.8 Å². The van der Waals surface area contributed by atoms with E-state index < -0.39 is 11.6 Å². The molecule has 1 N–H and O–H groups in total. The van der Waals surface area contributed by atoms with Crippen LogP contribution in [0.1, 0.15) is 61.4 Å². The van der Waals surface area contributed by atoms with Crippen LogP contribution in [0, 0.1) is 0 Å². The number of nitrogens with zero attached hydrogens (tertiary/aromatic N) is 3. The van der Waals surface area contributed by atoms with Crippen LogP contribution in [0.15, 0.2) is 30.6 Å². The Labute approximate surface area is 184 Å². The molecule has 0 aliphatic carbocycles. The first-order valence-corrected chi connectivity index (χ1v) is 11.2. The first-order valence-electron chi connectivity index (χ1n) is 10.4. The zero-order valence-corrected chi connectivity index (χ0v) is 18.7. The maximum Gasteiger partial charge on any atom is 0.410 e. The summed E-state index contributed by atoms with van der Waals surface area (Å²) in [5.41, 5.74) is 1.17. The zero-order valence-electron chi connectivity index (χ0n) is 17.9. The predicted octanol–water partition coefficient (Wildman–Crippen LogP) is 4.13. The van der Waals surface area contributed by atoms with Gasteiger partial charge in [-0.3, -0.25) is 9.59 Å². The monoisotopic (exact) mass is 442 g/mol. The van der Waals surface area contributed by atoms with Crippen molar-refractivity contribution in [1.29, 1.82) is 0 Å². The van der Waals surface area contributed by atoms with E-state index in [0.717, 1.165) is 10.5 Å². The lowest BCUT2D eigenvalue weighted by Gasteiger charge is -2.29. The molecule has 0 aromatic carbocycles. The largest absolute Gasteiger partial charge is 0.444 e. The number of hydrogen-bond donors (Lipinski definition) is 1. The van der Waals surface area contributed by atoms with Crippen LogP contribution in [0.5, 0.6) is 0 Å². The minimum Gasteiger partial charge on any atom is -0.444 e. The maximum atomic E-state index is 12.8. The Morgan fingerprint density at radius 2 is 2.10 bits per heavy atom. The van der Waals surface area contributed by atoms with Gasteiger partial charge >= 0.3 is 6.09 Å². The quantitative estimate of drug-likeness (QED) is 0.772. The maximum absolute atomic E-state index is 12.8. The van der Waals surface area contributed by atoms with Crippen LogP contribution in [0.3, 0.4) is 0 Å². The van der Waals surface area contributed by atoms with Crippen LogP contribution in [-0.4, -0.2) is 50.9 Å². The molecule has 4 heterocycles. The van der Waals surface area contributed by atoms with Crippen molar-refractivity contribution >= 4 is 39.8 Å². The van der Waals surface area contributed by atoms with Crippen LogP contribution in [0.2, 0.25) is 0 Å². The molecule has 0 saturated heterocycles. The average Bonchev–Trinajstić information content (AvgIpc) is 3.37. The fourth-order valence-corrected chi connectivity index (χ4v) is 4.64. The third-order valence-corrected chi connectivity index (χ3v) is 6.25. The normalized spacial score (nSPS) is 18.9. The fourth-order valence-electron chi connectivity index (χ4n) is 3.75. The molecule has 1 unspecified atom stereocenters. The summed E-state index contributed by atoms with van der Waals surface area (Å²) in [6, 6.07) is 3.13. The summed E-state index contributed by atoms with van der Waals surface area (Å²) in [6.07, 6.45) is 6.77. The van der Waals surface area contributed by atoms with Gasteiger partial charge in [0.2, 0.25) is 5.91 Å². The molecule has 2 aromatic heterocycles. The van der Waals surface area contributed by atoms with Gasteiger partial charge in [-0.05, 0) is 51.3 Å². The van der Waals surface area contributed by atoms with E-state index in [2.05, 4.69) is 10.3 Å². The summed E-state index contributed by atoms with van der Waals surface area (Å²) < 4.78 is 7.17. The van der Waals surface area contributed by atoms with E-state index in [1.54, 1.807) is 34.0 Å². The van der Waals surface area contributed by atoms with Gasteiger partial charge in [-0.2, -0.15) is 0 Å². The molecule has 0 saturated carbocycles. The van der Waals surface area contributed by atoms with E-state index in [0.29, 0.717) is 43.2 Å². The van der Waals surface area contributed by atoms with Crippen molar-refractivity contribution < 1.29 is 19.1 Å². The van der Waals surface area contributed by atoms with Crippen molar-refractivity contribution in [2.45, 2.75) is 51.7 Å². The highest BCUT2D eigenvalue weighted by Crippen LogP contribution is 2.31. The fraction of sp³-hybridized carbons (Fsp3) is 0.455. The number of carbonyl (C=O) groups excluding carboxylic acids is 3. The number of nitrogens with one attached hydrogen (secondary N) is 1. The van der Waals surface area contributed by atoms with Crippen LogP contribution in [0.4, 0.5) is 9.93 Å². The molecule has 0 bridgehead atoms. The zero-order chi connectivity index (χ0) is 22.2. The smallest absolute Gasteiger partial charge is 0.410 e. The molecule has 0 radical (unpaired) electrons. The second kappa shape index (κ2) is 8.30. The number of ether oxygens (including phenoxy) is 1. The SMILES string of the molecule is CC(C)(C)OC(=O)N1CC=C(c2cnc(NC(=O)C3CCC(=O)c4cccn43)s2)CC1. The lowest BCUT2D eigenvalue weighted by molar-refractivity contribution is -0.119. The molecular weight excluding hydrogens is 416 g/mol. The second-order valence-electron chi connectivity index (χ2n) is 8.70.